The van der Waals surface area contributed by atoms with Crippen molar-refractivity contribution in [2.45, 2.75) is 32.2 Å². The molecule has 1 rings (SSSR count). The van der Waals surface area contributed by atoms with Crippen molar-refractivity contribution in [1.29, 1.82) is 0 Å². The molecule has 0 bridgehead atoms. The number of hydrogen-bond donors (Lipinski definition) is 3. The topological polar surface area (TPSA) is 98.2 Å². The molecule has 112 valence electrons. The lowest BCUT2D eigenvalue weighted by Crippen LogP contribution is -2.52. The first-order chi connectivity index (χ1) is 8.98. The average Bonchev–Trinajstić information content (AvgIpc) is 2.45. The largest absolute Gasteiger partial charge is 0.366 e. The fourth-order valence-corrected chi connectivity index (χ4v) is 1.89. The van der Waals surface area contributed by atoms with Gasteiger partial charge >= 0.3 is 0 Å². The predicted molar refractivity (Wildman–Crippen MR) is 82.0 cm³/mol. The second-order valence-corrected chi connectivity index (χ2v) is 4.59. The Morgan fingerprint density at radius 2 is 1.75 bits per heavy atom. The third kappa shape index (κ3) is 4.21. The average molecular weight is 300 g/mol. The maximum absolute atomic E-state index is 12.2. The van der Waals surface area contributed by atoms with Crippen molar-refractivity contribution < 1.29 is 9.59 Å². The van der Waals surface area contributed by atoms with E-state index in [-0.39, 0.29) is 18.3 Å². The molecule has 0 heterocycles. The van der Waals surface area contributed by atoms with Crippen LogP contribution in [0.25, 0.3) is 0 Å². The van der Waals surface area contributed by atoms with Crippen molar-refractivity contribution in [3.63, 3.8) is 0 Å². The van der Waals surface area contributed by atoms with Crippen LogP contribution in [0.4, 0.5) is 0 Å². The first-order valence-corrected chi connectivity index (χ1v) is 6.40. The number of benzene rings is 1. The molecular formula is C14H22ClN3O2. The zero-order valence-electron chi connectivity index (χ0n) is 11.8. The summed E-state index contributed by atoms with van der Waals surface area (Å²) in [4.78, 5) is 23.3. The molecule has 1 aromatic rings. The molecule has 5 N–H and O–H groups in total. The molecular weight excluding hydrogens is 278 g/mol. The minimum Gasteiger partial charge on any atom is -0.366 e. The van der Waals surface area contributed by atoms with E-state index >= 15 is 0 Å². The molecule has 0 spiro atoms. The SMILES string of the molecule is CCC(CC)(CN)NC(=O)c1cccc(C(N)=O)c1.Cl. The van der Waals surface area contributed by atoms with Crippen LogP contribution in [0.5, 0.6) is 0 Å². The van der Waals surface area contributed by atoms with Crippen LogP contribution in [0, 0.1) is 0 Å². The molecule has 0 saturated heterocycles. The summed E-state index contributed by atoms with van der Waals surface area (Å²) in [6.45, 7) is 4.34. The van der Waals surface area contributed by atoms with Crippen LogP contribution in [-0.2, 0) is 0 Å². The standard InChI is InChI=1S/C14H21N3O2.ClH/c1-3-14(4-2,9-15)17-13(19)11-7-5-6-10(8-11)12(16)18;/h5-8H,3-4,9,15H2,1-2H3,(H2,16,18)(H,17,19);1H. The second kappa shape index (κ2) is 7.87. The molecule has 0 saturated carbocycles. The molecule has 0 radical (unpaired) electrons. The number of carbonyl (C=O) groups excluding carboxylic acids is 2. The van der Waals surface area contributed by atoms with E-state index < -0.39 is 11.4 Å². The summed E-state index contributed by atoms with van der Waals surface area (Å²) in [5.41, 5.74) is 11.3. The molecule has 2 amide bonds. The van der Waals surface area contributed by atoms with E-state index in [1.54, 1.807) is 18.2 Å². The first kappa shape index (κ1) is 18.4. The summed E-state index contributed by atoms with van der Waals surface area (Å²) in [5.74, 6) is -0.789. The Kier molecular flexibility index (Phi) is 7.24. The molecule has 0 unspecified atom stereocenters. The van der Waals surface area contributed by atoms with Crippen LogP contribution >= 0.6 is 12.4 Å². The van der Waals surface area contributed by atoms with E-state index in [0.29, 0.717) is 17.7 Å². The van der Waals surface area contributed by atoms with Gasteiger partial charge in [-0.25, -0.2) is 0 Å². The van der Waals surface area contributed by atoms with Crippen LogP contribution in [-0.4, -0.2) is 23.9 Å². The molecule has 0 aliphatic rings. The summed E-state index contributed by atoms with van der Waals surface area (Å²) in [6.07, 6.45) is 1.50. The van der Waals surface area contributed by atoms with Crippen LogP contribution in [0.3, 0.4) is 0 Å². The van der Waals surface area contributed by atoms with Gasteiger partial charge in [-0.15, -0.1) is 12.4 Å². The van der Waals surface area contributed by atoms with Crippen molar-refractivity contribution in [1.82, 2.24) is 5.32 Å². The number of carbonyl (C=O) groups is 2. The molecule has 20 heavy (non-hydrogen) atoms. The second-order valence-electron chi connectivity index (χ2n) is 4.59. The molecule has 0 aliphatic heterocycles. The van der Waals surface area contributed by atoms with Gasteiger partial charge in [0.25, 0.3) is 5.91 Å². The number of rotatable bonds is 6. The molecule has 0 aliphatic carbocycles. The molecule has 5 nitrogen and oxygen atoms in total. The van der Waals surface area contributed by atoms with E-state index in [1.165, 1.54) is 6.07 Å². The van der Waals surface area contributed by atoms with Gasteiger partial charge in [0.15, 0.2) is 0 Å². The van der Waals surface area contributed by atoms with Crippen molar-refractivity contribution in [3.05, 3.63) is 35.4 Å². The predicted octanol–water partition coefficient (Wildman–Crippen LogP) is 1.45. The summed E-state index contributed by atoms with van der Waals surface area (Å²) < 4.78 is 0. The fraction of sp³-hybridized carbons (Fsp3) is 0.429. The van der Waals surface area contributed by atoms with Crippen molar-refractivity contribution in [2.75, 3.05) is 6.54 Å². The number of amides is 2. The van der Waals surface area contributed by atoms with E-state index in [2.05, 4.69) is 5.32 Å². The summed E-state index contributed by atoms with van der Waals surface area (Å²) in [7, 11) is 0. The first-order valence-electron chi connectivity index (χ1n) is 6.40. The van der Waals surface area contributed by atoms with E-state index in [0.717, 1.165) is 12.8 Å². The minimum atomic E-state index is -0.550. The lowest BCUT2D eigenvalue weighted by Gasteiger charge is -2.31. The number of primary amides is 1. The highest BCUT2D eigenvalue weighted by Gasteiger charge is 2.26. The van der Waals surface area contributed by atoms with Crippen molar-refractivity contribution in [2.24, 2.45) is 11.5 Å². The van der Waals surface area contributed by atoms with Gasteiger partial charge < -0.3 is 16.8 Å². The van der Waals surface area contributed by atoms with Crippen LogP contribution < -0.4 is 16.8 Å². The Morgan fingerprint density at radius 3 is 2.20 bits per heavy atom. The van der Waals surface area contributed by atoms with Crippen molar-refractivity contribution in [3.8, 4) is 0 Å². The van der Waals surface area contributed by atoms with Crippen LogP contribution in [0.15, 0.2) is 24.3 Å². The Labute approximate surface area is 125 Å². The Balaban J connectivity index is 0.00000361. The summed E-state index contributed by atoms with van der Waals surface area (Å²) in [5, 5.41) is 2.95. The fourth-order valence-electron chi connectivity index (χ4n) is 1.89. The van der Waals surface area contributed by atoms with Crippen LogP contribution in [0.2, 0.25) is 0 Å². The molecule has 1 aromatic carbocycles. The molecule has 6 heteroatoms. The normalized spacial score (nSPS) is 10.6. The van der Waals surface area contributed by atoms with E-state index in [4.69, 9.17) is 11.5 Å². The van der Waals surface area contributed by atoms with Gasteiger partial charge in [0.05, 0.1) is 5.54 Å². The number of hydrogen-bond acceptors (Lipinski definition) is 3. The van der Waals surface area contributed by atoms with Crippen LogP contribution in [0.1, 0.15) is 47.4 Å². The highest BCUT2D eigenvalue weighted by molar-refractivity contribution is 5.99. The summed E-state index contributed by atoms with van der Waals surface area (Å²) >= 11 is 0. The minimum absolute atomic E-state index is 0. The summed E-state index contributed by atoms with van der Waals surface area (Å²) in [6, 6.07) is 6.35. The van der Waals surface area contributed by atoms with Gasteiger partial charge in [-0.2, -0.15) is 0 Å². The number of nitrogens with one attached hydrogen (secondary N) is 1. The maximum Gasteiger partial charge on any atom is 0.251 e. The Morgan fingerprint density at radius 1 is 1.20 bits per heavy atom. The lowest BCUT2D eigenvalue weighted by molar-refractivity contribution is 0.0895. The smallest absolute Gasteiger partial charge is 0.251 e. The Hall–Kier alpha value is -1.59. The van der Waals surface area contributed by atoms with Gasteiger partial charge in [0.1, 0.15) is 0 Å². The third-order valence-corrected chi connectivity index (χ3v) is 3.53. The number of halogens is 1. The Bertz CT molecular complexity index is 465. The number of nitrogens with two attached hydrogens (primary N) is 2. The maximum atomic E-state index is 12.2. The third-order valence-electron chi connectivity index (χ3n) is 3.53. The van der Waals surface area contributed by atoms with Gasteiger partial charge in [0, 0.05) is 17.7 Å². The van der Waals surface area contributed by atoms with Gasteiger partial charge in [0.2, 0.25) is 5.91 Å². The van der Waals surface area contributed by atoms with E-state index in [9.17, 15) is 9.59 Å². The van der Waals surface area contributed by atoms with Gasteiger partial charge in [-0.3, -0.25) is 9.59 Å². The lowest BCUT2D eigenvalue weighted by atomic mass is 9.92. The quantitative estimate of drug-likeness (QED) is 0.741. The molecule has 0 fully saturated rings. The monoisotopic (exact) mass is 299 g/mol. The van der Waals surface area contributed by atoms with Crippen molar-refractivity contribution >= 4 is 24.2 Å². The zero-order chi connectivity index (χ0) is 14.5. The highest BCUT2D eigenvalue weighted by atomic mass is 35.5. The zero-order valence-corrected chi connectivity index (χ0v) is 12.6. The molecule has 0 aromatic heterocycles. The van der Waals surface area contributed by atoms with Gasteiger partial charge in [-0.1, -0.05) is 19.9 Å². The highest BCUT2D eigenvalue weighted by Crippen LogP contribution is 2.15. The molecule has 0 atom stereocenters. The van der Waals surface area contributed by atoms with E-state index in [1.807, 2.05) is 13.8 Å². The van der Waals surface area contributed by atoms with Gasteiger partial charge in [-0.05, 0) is 31.0 Å².